The standard InChI is InChI=1S/C5H7O2.Al/c1-4(6)3-5(2)7;/h3H,1-2H3;. The molecule has 3 heteroatoms. The minimum atomic E-state index is -0.491. The first-order valence-corrected chi connectivity index (χ1v) is 2.99. The number of hydrogen-bond acceptors (Lipinski definition) is 2. The van der Waals surface area contributed by atoms with Crippen LogP contribution in [0.25, 0.3) is 0 Å². The molecule has 0 fully saturated rings. The van der Waals surface area contributed by atoms with Crippen LogP contribution in [0.2, 0.25) is 4.78 Å². The highest BCUT2D eigenvalue weighted by molar-refractivity contribution is 6.35. The van der Waals surface area contributed by atoms with Gasteiger partial charge in [-0.25, -0.2) is 0 Å². The van der Waals surface area contributed by atoms with Crippen LogP contribution in [0.15, 0.2) is 0 Å². The first-order chi connectivity index (χ1) is 3.55. The van der Waals surface area contributed by atoms with Gasteiger partial charge < -0.3 is 9.59 Å². The fraction of sp³-hybridized carbons (Fsp3) is 0.600. The van der Waals surface area contributed by atoms with E-state index in [2.05, 4.69) is 16.3 Å². The molecule has 0 aliphatic heterocycles. The van der Waals surface area contributed by atoms with Crippen LogP contribution in [0, 0.1) is 0 Å². The molecule has 0 saturated heterocycles. The Morgan fingerprint density at radius 2 is 1.50 bits per heavy atom. The Labute approximate surface area is 56.7 Å². The van der Waals surface area contributed by atoms with E-state index in [1.54, 1.807) is 0 Å². The highest BCUT2D eigenvalue weighted by Gasteiger charge is 2.09. The average molecular weight is 126 g/mol. The van der Waals surface area contributed by atoms with Gasteiger partial charge in [-0.1, -0.05) is 0 Å². The summed E-state index contributed by atoms with van der Waals surface area (Å²) in [6, 6.07) is 0. The van der Waals surface area contributed by atoms with Crippen molar-refractivity contribution in [1.82, 2.24) is 0 Å². The van der Waals surface area contributed by atoms with Crippen molar-refractivity contribution >= 4 is 27.9 Å². The number of Topliss-reactive ketones (excluding diaryl/α,β-unsaturated/α-hetero) is 2. The molecule has 0 aromatic carbocycles. The van der Waals surface area contributed by atoms with Crippen LogP contribution in [-0.2, 0) is 9.59 Å². The maximum absolute atomic E-state index is 10.3. The number of ketones is 2. The molecule has 0 aliphatic carbocycles. The Morgan fingerprint density at radius 1 is 1.25 bits per heavy atom. The summed E-state index contributed by atoms with van der Waals surface area (Å²) in [6.07, 6.45) is 0. The lowest BCUT2D eigenvalue weighted by Gasteiger charge is -1.99. The molecule has 42 valence electrons. The summed E-state index contributed by atoms with van der Waals surface area (Å²) in [5, 5.41) is 0. The number of hydrogen-bond donors (Lipinski definition) is 0. The van der Waals surface area contributed by atoms with E-state index in [0.717, 1.165) is 0 Å². The summed E-state index contributed by atoms with van der Waals surface area (Å²) < 4.78 is -0.491. The first kappa shape index (κ1) is 7.87. The van der Waals surface area contributed by atoms with Gasteiger partial charge in [-0.15, -0.1) is 0 Å². The highest BCUT2D eigenvalue weighted by Crippen LogP contribution is 1.99. The summed E-state index contributed by atoms with van der Waals surface area (Å²) in [5.74, 6) is -0.190. The maximum Gasteiger partial charge on any atom is 0.149 e. The van der Waals surface area contributed by atoms with Gasteiger partial charge in [0.25, 0.3) is 0 Å². The molecule has 0 unspecified atom stereocenters. The van der Waals surface area contributed by atoms with Crippen molar-refractivity contribution in [3.63, 3.8) is 0 Å². The van der Waals surface area contributed by atoms with E-state index in [1.165, 1.54) is 13.8 Å². The molecule has 0 spiro atoms. The van der Waals surface area contributed by atoms with Crippen LogP contribution in [-0.4, -0.2) is 27.9 Å². The second-order valence-corrected chi connectivity index (χ2v) is 2.37. The van der Waals surface area contributed by atoms with Crippen molar-refractivity contribution in [2.75, 3.05) is 0 Å². The lowest BCUT2D eigenvalue weighted by molar-refractivity contribution is -0.124. The Morgan fingerprint density at radius 3 is 1.50 bits per heavy atom. The van der Waals surface area contributed by atoms with Crippen LogP contribution < -0.4 is 0 Å². The van der Waals surface area contributed by atoms with Gasteiger partial charge in [-0.3, -0.25) is 0 Å². The van der Waals surface area contributed by atoms with Gasteiger partial charge in [0.15, 0.2) is 0 Å². The Kier molecular flexibility index (Phi) is 2.96. The SMILES string of the molecule is CC(=O)[CH]([Al])C(C)=O. The van der Waals surface area contributed by atoms with E-state index in [-0.39, 0.29) is 11.6 Å². The highest BCUT2D eigenvalue weighted by atomic mass is 27.0. The maximum atomic E-state index is 10.3. The molecule has 0 aromatic rings. The van der Waals surface area contributed by atoms with Gasteiger partial charge in [0.05, 0.1) is 0 Å². The number of rotatable bonds is 2. The van der Waals surface area contributed by atoms with Crippen molar-refractivity contribution in [2.24, 2.45) is 0 Å². The van der Waals surface area contributed by atoms with Crippen LogP contribution in [0.3, 0.4) is 0 Å². The van der Waals surface area contributed by atoms with Gasteiger partial charge in [0.2, 0.25) is 0 Å². The second kappa shape index (κ2) is 3.01. The predicted molar refractivity (Wildman–Crippen MR) is 30.9 cm³/mol. The first-order valence-electron chi connectivity index (χ1n) is 2.32. The zero-order valence-corrected chi connectivity index (χ0v) is 6.13. The number of carbonyl (C=O) groups is 2. The Balaban J connectivity index is 3.83. The molecule has 0 rings (SSSR count). The van der Waals surface area contributed by atoms with Gasteiger partial charge in [0, 0.05) is 4.78 Å². The van der Waals surface area contributed by atoms with Gasteiger partial charge in [-0.2, -0.15) is 0 Å². The Bertz CT molecular complexity index is 106. The van der Waals surface area contributed by atoms with E-state index >= 15 is 0 Å². The summed E-state index contributed by atoms with van der Waals surface area (Å²) in [5.41, 5.74) is 0. The number of carbonyl (C=O) groups excluding carboxylic acids is 2. The Hall–Kier alpha value is -0.128. The summed E-state index contributed by atoms with van der Waals surface area (Å²) in [4.78, 5) is 20.7. The molecule has 0 amide bonds. The van der Waals surface area contributed by atoms with Crippen molar-refractivity contribution in [2.45, 2.75) is 18.6 Å². The molecule has 2 radical (unpaired) electrons. The molecular formula is C5H7AlO2. The van der Waals surface area contributed by atoms with Crippen LogP contribution in [0.5, 0.6) is 0 Å². The fourth-order valence-corrected chi connectivity index (χ4v) is 0.286. The summed E-state index contributed by atoms with van der Waals surface area (Å²) in [6.45, 7) is 2.80. The van der Waals surface area contributed by atoms with Crippen LogP contribution >= 0.6 is 0 Å². The lowest BCUT2D eigenvalue weighted by atomic mass is 10.2. The lowest BCUT2D eigenvalue weighted by Crippen LogP contribution is -2.11. The van der Waals surface area contributed by atoms with E-state index in [9.17, 15) is 9.59 Å². The molecule has 2 nitrogen and oxygen atoms in total. The monoisotopic (exact) mass is 126 g/mol. The zero-order chi connectivity index (χ0) is 6.73. The molecule has 0 aliphatic rings. The largest absolute Gasteiger partial charge is 0.301 e. The van der Waals surface area contributed by atoms with Crippen LogP contribution in [0.4, 0.5) is 0 Å². The predicted octanol–water partition coefficient (Wildman–Crippen LogP) is 0.121. The molecule has 0 heterocycles. The normalized spacial score (nSPS) is 9.38. The van der Waals surface area contributed by atoms with E-state index in [0.29, 0.717) is 0 Å². The van der Waals surface area contributed by atoms with E-state index in [1.807, 2.05) is 0 Å². The van der Waals surface area contributed by atoms with Crippen molar-refractivity contribution in [3.05, 3.63) is 0 Å². The minimum absolute atomic E-state index is 0.0949. The smallest absolute Gasteiger partial charge is 0.149 e. The van der Waals surface area contributed by atoms with Gasteiger partial charge in [-0.05, 0) is 13.8 Å². The fourth-order valence-electron chi connectivity index (χ4n) is 0.286. The third-order valence-electron chi connectivity index (χ3n) is 0.876. The van der Waals surface area contributed by atoms with Crippen molar-refractivity contribution in [1.29, 1.82) is 0 Å². The molecule has 0 saturated carbocycles. The van der Waals surface area contributed by atoms with Crippen LogP contribution in [0.1, 0.15) is 13.8 Å². The van der Waals surface area contributed by atoms with E-state index in [4.69, 9.17) is 0 Å². The second-order valence-electron chi connectivity index (χ2n) is 1.70. The molecular weight excluding hydrogens is 119 g/mol. The molecule has 0 atom stereocenters. The third-order valence-corrected chi connectivity index (χ3v) is 1.81. The topological polar surface area (TPSA) is 34.1 Å². The molecule has 8 heavy (non-hydrogen) atoms. The minimum Gasteiger partial charge on any atom is -0.301 e. The molecule has 0 bridgehead atoms. The van der Waals surface area contributed by atoms with Gasteiger partial charge >= 0.3 is 0 Å². The molecule has 0 N–H and O–H groups in total. The van der Waals surface area contributed by atoms with Gasteiger partial charge in [0.1, 0.15) is 27.9 Å². The third kappa shape index (κ3) is 2.25. The molecule has 0 aromatic heterocycles. The summed E-state index contributed by atoms with van der Waals surface area (Å²) >= 11 is 2.19. The van der Waals surface area contributed by atoms with Crippen molar-refractivity contribution in [3.8, 4) is 0 Å². The quantitative estimate of drug-likeness (QED) is 0.389. The zero-order valence-electron chi connectivity index (χ0n) is 4.97. The summed E-state index contributed by atoms with van der Waals surface area (Å²) in [7, 11) is 0. The average Bonchev–Trinajstić information content (AvgIpc) is 1.64. The van der Waals surface area contributed by atoms with E-state index < -0.39 is 4.78 Å². The van der Waals surface area contributed by atoms with Crippen molar-refractivity contribution < 1.29 is 9.59 Å².